The lowest BCUT2D eigenvalue weighted by molar-refractivity contribution is -0.123. The van der Waals surface area contributed by atoms with Crippen LogP contribution in [0.5, 0.6) is 0 Å². The van der Waals surface area contributed by atoms with E-state index in [1.165, 1.54) is 0 Å². The SMILES string of the molecule is O=C(NCc1ccc(Cn2cccn2)cc1)C1CC(F)(F)CN1. The van der Waals surface area contributed by atoms with Crippen molar-refractivity contribution in [3.63, 3.8) is 0 Å². The van der Waals surface area contributed by atoms with Crippen LogP contribution >= 0.6 is 0 Å². The zero-order chi connectivity index (χ0) is 16.3. The van der Waals surface area contributed by atoms with E-state index in [-0.39, 0.29) is 5.91 Å². The van der Waals surface area contributed by atoms with Crippen LogP contribution in [0.25, 0.3) is 0 Å². The van der Waals surface area contributed by atoms with Crippen molar-refractivity contribution in [3.05, 3.63) is 53.9 Å². The summed E-state index contributed by atoms with van der Waals surface area (Å²) in [6.07, 6.45) is 3.17. The first-order valence-corrected chi connectivity index (χ1v) is 7.46. The summed E-state index contributed by atoms with van der Waals surface area (Å²) in [5.74, 6) is -3.18. The molecular formula is C16H18F2N4O. The zero-order valence-corrected chi connectivity index (χ0v) is 12.5. The molecule has 2 N–H and O–H groups in total. The Kier molecular flexibility index (Phi) is 4.38. The van der Waals surface area contributed by atoms with Gasteiger partial charge in [-0.2, -0.15) is 5.10 Å². The maximum absolute atomic E-state index is 13.1. The van der Waals surface area contributed by atoms with Crippen molar-refractivity contribution in [1.29, 1.82) is 0 Å². The molecule has 0 bridgehead atoms. The van der Waals surface area contributed by atoms with E-state index in [1.54, 1.807) is 6.20 Å². The number of hydrogen-bond donors (Lipinski definition) is 2. The maximum Gasteiger partial charge on any atom is 0.262 e. The lowest BCUT2D eigenvalue weighted by Gasteiger charge is -2.11. The minimum absolute atomic E-state index is 0.324. The highest BCUT2D eigenvalue weighted by Crippen LogP contribution is 2.25. The summed E-state index contributed by atoms with van der Waals surface area (Å²) >= 11 is 0. The minimum atomic E-state index is -2.80. The second kappa shape index (κ2) is 6.45. The summed E-state index contributed by atoms with van der Waals surface area (Å²) in [7, 11) is 0. The molecule has 5 nitrogen and oxygen atoms in total. The lowest BCUT2D eigenvalue weighted by atomic mass is 10.1. The van der Waals surface area contributed by atoms with Gasteiger partial charge in [0.1, 0.15) is 0 Å². The molecule has 1 amide bonds. The topological polar surface area (TPSA) is 59.0 Å². The number of aromatic nitrogens is 2. The monoisotopic (exact) mass is 320 g/mol. The second-order valence-electron chi connectivity index (χ2n) is 5.73. The van der Waals surface area contributed by atoms with Crippen molar-refractivity contribution in [2.75, 3.05) is 6.54 Å². The van der Waals surface area contributed by atoms with E-state index in [0.29, 0.717) is 13.1 Å². The molecule has 2 heterocycles. The summed E-state index contributed by atoms with van der Waals surface area (Å²) < 4.78 is 28.0. The van der Waals surface area contributed by atoms with Gasteiger partial charge in [-0.1, -0.05) is 24.3 Å². The van der Waals surface area contributed by atoms with E-state index in [2.05, 4.69) is 15.7 Å². The average molecular weight is 320 g/mol. The predicted molar refractivity (Wildman–Crippen MR) is 81.0 cm³/mol. The van der Waals surface area contributed by atoms with Gasteiger partial charge >= 0.3 is 0 Å². The van der Waals surface area contributed by atoms with Gasteiger partial charge in [0.05, 0.1) is 19.1 Å². The van der Waals surface area contributed by atoms with Crippen LogP contribution in [0.1, 0.15) is 17.5 Å². The Labute approximate surface area is 132 Å². The van der Waals surface area contributed by atoms with Crippen LogP contribution in [-0.4, -0.2) is 34.2 Å². The van der Waals surface area contributed by atoms with Crippen LogP contribution in [0.3, 0.4) is 0 Å². The van der Waals surface area contributed by atoms with E-state index in [1.807, 2.05) is 41.2 Å². The molecule has 0 saturated carbocycles. The van der Waals surface area contributed by atoms with Crippen LogP contribution in [0.2, 0.25) is 0 Å². The summed E-state index contributed by atoms with van der Waals surface area (Å²) in [5.41, 5.74) is 2.02. The Bertz CT molecular complexity index is 655. The van der Waals surface area contributed by atoms with Crippen molar-refractivity contribution in [2.24, 2.45) is 0 Å². The fourth-order valence-electron chi connectivity index (χ4n) is 2.56. The Balaban J connectivity index is 1.50. The highest BCUT2D eigenvalue weighted by Gasteiger charge is 2.42. The molecule has 122 valence electrons. The third-order valence-corrected chi connectivity index (χ3v) is 3.82. The zero-order valence-electron chi connectivity index (χ0n) is 12.5. The summed E-state index contributed by atoms with van der Waals surface area (Å²) in [6.45, 7) is 0.568. The van der Waals surface area contributed by atoms with E-state index in [9.17, 15) is 13.6 Å². The van der Waals surface area contributed by atoms with Crippen LogP contribution < -0.4 is 10.6 Å². The molecule has 2 aromatic rings. The molecule has 1 aliphatic heterocycles. The molecule has 0 aliphatic carbocycles. The predicted octanol–water partition coefficient (Wildman–Crippen LogP) is 1.54. The van der Waals surface area contributed by atoms with Gasteiger partial charge in [-0.3, -0.25) is 14.8 Å². The minimum Gasteiger partial charge on any atom is -0.351 e. The number of rotatable bonds is 5. The molecule has 0 spiro atoms. The van der Waals surface area contributed by atoms with Gasteiger partial charge in [0, 0.05) is 25.4 Å². The largest absolute Gasteiger partial charge is 0.351 e. The second-order valence-corrected chi connectivity index (χ2v) is 5.73. The Hall–Kier alpha value is -2.28. The molecule has 1 aliphatic rings. The molecule has 1 aromatic carbocycles. The Morgan fingerprint density at radius 2 is 2.09 bits per heavy atom. The normalized spacial score (nSPS) is 19.7. The molecule has 1 saturated heterocycles. The van der Waals surface area contributed by atoms with Gasteiger partial charge in [-0.15, -0.1) is 0 Å². The third kappa shape index (κ3) is 4.13. The maximum atomic E-state index is 13.1. The van der Waals surface area contributed by atoms with Gasteiger partial charge in [0.25, 0.3) is 5.92 Å². The van der Waals surface area contributed by atoms with Crippen molar-refractivity contribution >= 4 is 5.91 Å². The van der Waals surface area contributed by atoms with Gasteiger partial charge in [-0.05, 0) is 17.2 Å². The smallest absolute Gasteiger partial charge is 0.262 e. The van der Waals surface area contributed by atoms with Gasteiger partial charge in [-0.25, -0.2) is 8.78 Å². The number of amides is 1. The van der Waals surface area contributed by atoms with Crippen molar-refractivity contribution in [1.82, 2.24) is 20.4 Å². The van der Waals surface area contributed by atoms with Gasteiger partial charge in [0.2, 0.25) is 5.91 Å². The first kappa shape index (κ1) is 15.6. The lowest BCUT2D eigenvalue weighted by Crippen LogP contribution is -2.40. The highest BCUT2D eigenvalue weighted by atomic mass is 19.3. The molecule has 1 fully saturated rings. The fraction of sp³-hybridized carbons (Fsp3) is 0.375. The number of carbonyl (C=O) groups is 1. The molecule has 23 heavy (non-hydrogen) atoms. The first-order chi connectivity index (χ1) is 11.0. The van der Waals surface area contributed by atoms with Gasteiger partial charge in [0.15, 0.2) is 0 Å². The number of carbonyl (C=O) groups excluding carboxylic acids is 1. The highest BCUT2D eigenvalue weighted by molar-refractivity contribution is 5.82. The molecule has 1 aromatic heterocycles. The molecule has 1 atom stereocenters. The fourth-order valence-corrected chi connectivity index (χ4v) is 2.56. The molecule has 7 heteroatoms. The Morgan fingerprint density at radius 1 is 1.35 bits per heavy atom. The van der Waals surface area contributed by atoms with Crippen LogP contribution in [-0.2, 0) is 17.9 Å². The summed E-state index contributed by atoms with van der Waals surface area (Å²) in [6, 6.07) is 8.80. The molecule has 3 rings (SSSR count). The van der Waals surface area contributed by atoms with Gasteiger partial charge < -0.3 is 5.32 Å². The van der Waals surface area contributed by atoms with E-state index in [4.69, 9.17) is 0 Å². The quantitative estimate of drug-likeness (QED) is 0.879. The number of alkyl halides is 2. The van der Waals surface area contributed by atoms with E-state index < -0.39 is 24.9 Å². The number of hydrogen-bond acceptors (Lipinski definition) is 3. The van der Waals surface area contributed by atoms with E-state index in [0.717, 1.165) is 11.1 Å². The first-order valence-electron chi connectivity index (χ1n) is 7.46. The molecule has 1 unspecified atom stereocenters. The molecular weight excluding hydrogens is 302 g/mol. The summed E-state index contributed by atoms with van der Waals surface area (Å²) in [5, 5.41) is 9.38. The van der Waals surface area contributed by atoms with E-state index >= 15 is 0 Å². The van der Waals surface area contributed by atoms with Crippen LogP contribution in [0.15, 0.2) is 42.7 Å². The van der Waals surface area contributed by atoms with Crippen molar-refractivity contribution < 1.29 is 13.6 Å². The summed E-state index contributed by atoms with van der Waals surface area (Å²) in [4.78, 5) is 11.9. The standard InChI is InChI=1S/C16H18F2N4O/c17-16(18)8-14(20-11-16)15(23)19-9-12-2-4-13(5-3-12)10-22-7-1-6-21-22/h1-7,14,20H,8-11H2,(H,19,23). The van der Waals surface area contributed by atoms with Crippen LogP contribution in [0, 0.1) is 0 Å². The number of benzene rings is 1. The third-order valence-electron chi connectivity index (χ3n) is 3.82. The number of halogens is 2. The Morgan fingerprint density at radius 3 is 2.70 bits per heavy atom. The number of nitrogens with zero attached hydrogens (tertiary/aromatic N) is 2. The van der Waals surface area contributed by atoms with Crippen LogP contribution in [0.4, 0.5) is 8.78 Å². The average Bonchev–Trinajstić information content (AvgIpc) is 3.15. The van der Waals surface area contributed by atoms with Crippen molar-refractivity contribution in [2.45, 2.75) is 31.5 Å². The number of nitrogens with one attached hydrogen (secondary N) is 2. The van der Waals surface area contributed by atoms with Crippen molar-refractivity contribution in [3.8, 4) is 0 Å². The molecule has 0 radical (unpaired) electrons.